The molecule has 6 nitrogen and oxygen atoms in total. The molecule has 0 bridgehead atoms. The van der Waals surface area contributed by atoms with Gasteiger partial charge in [0.2, 0.25) is 0 Å². The maximum absolute atomic E-state index is 15.3. The Hall–Kier alpha value is -2.45. The number of nitrogens with two attached hydrogens (primary N) is 1. The van der Waals surface area contributed by atoms with Gasteiger partial charge in [-0.25, -0.2) is 9.18 Å². The van der Waals surface area contributed by atoms with Crippen LogP contribution in [0.25, 0.3) is 21.3 Å². The van der Waals surface area contributed by atoms with Crippen LogP contribution < -0.4 is 21.7 Å². The average Bonchev–Trinajstić information content (AvgIpc) is 3.44. The molecule has 2 aromatic heterocycles. The zero-order valence-corrected chi connectivity index (χ0v) is 16.9. The molecule has 0 spiro atoms. The predicted molar refractivity (Wildman–Crippen MR) is 112 cm³/mol. The predicted octanol–water partition coefficient (Wildman–Crippen LogP) is 3.28. The molecular formula is C21H22FN3O3S. The third-order valence-electron chi connectivity index (χ3n) is 6.02. The minimum Gasteiger partial charge on any atom is -0.494 e. The summed E-state index contributed by atoms with van der Waals surface area (Å²) < 4.78 is 22.5. The summed E-state index contributed by atoms with van der Waals surface area (Å²) >= 11 is 1.55. The molecule has 1 aromatic carbocycles. The van der Waals surface area contributed by atoms with Gasteiger partial charge in [0.1, 0.15) is 11.3 Å². The van der Waals surface area contributed by atoms with E-state index in [2.05, 4.69) is 4.98 Å². The Kier molecular flexibility index (Phi) is 4.36. The monoisotopic (exact) mass is 415 g/mol. The lowest BCUT2D eigenvalue weighted by atomic mass is 9.87. The van der Waals surface area contributed by atoms with Crippen molar-refractivity contribution < 1.29 is 9.13 Å². The standard InChI is InChI=1S/C21H22FN3O3S/c1-28-19-17(16-8-12-10(9-23)3-2-4-15(12)29-16)14(22)7-13-18(19)25(11-5-6-11)21(27)24-20(13)26/h7-8,10-11H,2-6,9,23H2,1H3,(H,24,26,27). The van der Waals surface area contributed by atoms with Gasteiger partial charge in [-0.3, -0.25) is 14.3 Å². The number of nitrogens with zero attached hydrogens (tertiary/aromatic N) is 1. The largest absolute Gasteiger partial charge is 0.494 e. The quantitative estimate of drug-likeness (QED) is 0.684. The maximum Gasteiger partial charge on any atom is 0.329 e. The lowest BCUT2D eigenvalue weighted by Gasteiger charge is -2.20. The van der Waals surface area contributed by atoms with Crippen molar-refractivity contribution in [3.63, 3.8) is 0 Å². The summed E-state index contributed by atoms with van der Waals surface area (Å²) in [5.74, 6) is 0.00693. The number of benzene rings is 1. The lowest BCUT2D eigenvalue weighted by Crippen LogP contribution is -2.30. The topological polar surface area (TPSA) is 90.1 Å². The van der Waals surface area contributed by atoms with E-state index in [-0.39, 0.29) is 23.1 Å². The molecular weight excluding hydrogens is 393 g/mol. The van der Waals surface area contributed by atoms with Crippen molar-refractivity contribution >= 4 is 22.2 Å². The van der Waals surface area contributed by atoms with Crippen molar-refractivity contribution in [2.75, 3.05) is 13.7 Å². The number of methoxy groups -OCH3 is 1. The Morgan fingerprint density at radius 2 is 2.10 bits per heavy atom. The number of H-pyrrole nitrogens is 1. The van der Waals surface area contributed by atoms with E-state index in [4.69, 9.17) is 10.5 Å². The highest BCUT2D eigenvalue weighted by Crippen LogP contribution is 2.47. The van der Waals surface area contributed by atoms with E-state index in [0.717, 1.165) is 37.0 Å². The Balaban J connectivity index is 1.83. The molecule has 0 radical (unpaired) electrons. The van der Waals surface area contributed by atoms with Crippen LogP contribution in [0.3, 0.4) is 0 Å². The molecule has 1 fully saturated rings. The number of nitrogens with one attached hydrogen (secondary N) is 1. The fourth-order valence-electron chi connectivity index (χ4n) is 4.48. The highest BCUT2D eigenvalue weighted by Gasteiger charge is 2.31. The molecule has 8 heteroatoms. The molecule has 0 saturated heterocycles. The molecule has 2 heterocycles. The van der Waals surface area contributed by atoms with E-state index in [0.29, 0.717) is 17.6 Å². The molecule has 1 saturated carbocycles. The molecule has 29 heavy (non-hydrogen) atoms. The number of halogens is 1. The zero-order chi connectivity index (χ0) is 20.3. The second-order valence-corrected chi connectivity index (χ2v) is 8.97. The Morgan fingerprint density at radius 3 is 2.79 bits per heavy atom. The molecule has 152 valence electrons. The minimum atomic E-state index is -0.598. The molecule has 1 atom stereocenters. The van der Waals surface area contributed by atoms with Crippen molar-refractivity contribution in [3.8, 4) is 16.2 Å². The molecule has 0 aliphatic heterocycles. The van der Waals surface area contributed by atoms with Crippen molar-refractivity contribution in [1.82, 2.24) is 9.55 Å². The minimum absolute atomic E-state index is 0.00669. The Bertz CT molecular complexity index is 1240. The number of hydrogen-bond acceptors (Lipinski definition) is 5. The highest BCUT2D eigenvalue weighted by atomic mass is 32.1. The number of hydrogen-bond donors (Lipinski definition) is 2. The zero-order valence-electron chi connectivity index (χ0n) is 16.1. The number of ether oxygens (including phenoxy) is 1. The summed E-state index contributed by atoms with van der Waals surface area (Å²) in [5.41, 5.74) is 6.75. The van der Waals surface area contributed by atoms with Crippen molar-refractivity contribution in [2.45, 2.75) is 44.1 Å². The van der Waals surface area contributed by atoms with Gasteiger partial charge in [0.25, 0.3) is 5.56 Å². The van der Waals surface area contributed by atoms with Crippen molar-refractivity contribution in [1.29, 1.82) is 0 Å². The van der Waals surface area contributed by atoms with Crippen LogP contribution in [-0.4, -0.2) is 23.2 Å². The SMILES string of the molecule is COc1c(-c2cc3c(s2)CCCC3CN)c(F)cc2c(=O)[nH]c(=O)n(C3CC3)c12. The van der Waals surface area contributed by atoms with Gasteiger partial charge in [-0.05, 0) is 62.3 Å². The summed E-state index contributed by atoms with van der Waals surface area (Å²) in [6.07, 6.45) is 4.77. The Labute approximate surface area is 170 Å². The van der Waals surface area contributed by atoms with Gasteiger partial charge in [0, 0.05) is 15.8 Å². The van der Waals surface area contributed by atoms with Crippen LogP contribution in [0.4, 0.5) is 4.39 Å². The molecule has 2 aliphatic rings. The van der Waals surface area contributed by atoms with Crippen LogP contribution in [-0.2, 0) is 6.42 Å². The van der Waals surface area contributed by atoms with Gasteiger partial charge in [-0.2, -0.15) is 0 Å². The second kappa shape index (κ2) is 6.81. The smallest absolute Gasteiger partial charge is 0.329 e. The number of aromatic amines is 1. The van der Waals surface area contributed by atoms with Crippen LogP contribution in [0.2, 0.25) is 0 Å². The lowest BCUT2D eigenvalue weighted by molar-refractivity contribution is 0.415. The summed E-state index contributed by atoms with van der Waals surface area (Å²) in [5, 5.41) is 0.135. The first-order valence-corrected chi connectivity index (χ1v) is 10.7. The molecule has 3 N–H and O–H groups in total. The maximum atomic E-state index is 15.3. The van der Waals surface area contributed by atoms with Crippen LogP contribution in [0, 0.1) is 5.82 Å². The van der Waals surface area contributed by atoms with Crippen LogP contribution in [0.5, 0.6) is 5.75 Å². The molecule has 3 aromatic rings. The summed E-state index contributed by atoms with van der Waals surface area (Å²) in [6.45, 7) is 0.567. The van der Waals surface area contributed by atoms with E-state index in [1.54, 1.807) is 15.9 Å². The summed E-state index contributed by atoms with van der Waals surface area (Å²) in [4.78, 5) is 29.2. The molecule has 5 rings (SSSR count). The van der Waals surface area contributed by atoms with Crippen molar-refractivity contribution in [2.24, 2.45) is 5.73 Å². The van der Waals surface area contributed by atoms with Gasteiger partial charge in [0.05, 0.1) is 18.1 Å². The van der Waals surface area contributed by atoms with Crippen LogP contribution >= 0.6 is 11.3 Å². The van der Waals surface area contributed by atoms with Crippen molar-refractivity contribution in [3.05, 3.63) is 49.2 Å². The number of aromatic nitrogens is 2. The van der Waals surface area contributed by atoms with E-state index in [1.807, 2.05) is 6.07 Å². The van der Waals surface area contributed by atoms with Gasteiger partial charge < -0.3 is 10.5 Å². The number of thiophene rings is 1. The fourth-order valence-corrected chi connectivity index (χ4v) is 5.81. The molecule has 1 unspecified atom stereocenters. The fraction of sp³-hybridized carbons (Fsp3) is 0.429. The first-order valence-electron chi connectivity index (χ1n) is 9.91. The summed E-state index contributed by atoms with van der Waals surface area (Å²) in [6, 6.07) is 3.24. The second-order valence-electron chi connectivity index (χ2n) is 7.84. The third-order valence-corrected chi connectivity index (χ3v) is 7.25. The van der Waals surface area contributed by atoms with Gasteiger partial charge >= 0.3 is 5.69 Å². The normalized spacial score (nSPS) is 18.8. The van der Waals surface area contributed by atoms with Crippen LogP contribution in [0.15, 0.2) is 21.7 Å². The Morgan fingerprint density at radius 1 is 1.31 bits per heavy atom. The van der Waals surface area contributed by atoms with E-state index in [1.165, 1.54) is 23.6 Å². The first kappa shape index (κ1) is 18.6. The van der Waals surface area contributed by atoms with E-state index < -0.39 is 17.1 Å². The number of aryl methyl sites for hydroxylation is 1. The van der Waals surface area contributed by atoms with Gasteiger partial charge in [0.15, 0.2) is 5.75 Å². The number of rotatable bonds is 4. The first-order chi connectivity index (χ1) is 14.0. The molecule has 2 aliphatic carbocycles. The highest BCUT2D eigenvalue weighted by molar-refractivity contribution is 7.15. The van der Waals surface area contributed by atoms with Gasteiger partial charge in [-0.1, -0.05) is 0 Å². The third kappa shape index (κ3) is 2.85. The van der Waals surface area contributed by atoms with Gasteiger partial charge in [-0.15, -0.1) is 11.3 Å². The van der Waals surface area contributed by atoms with E-state index >= 15 is 4.39 Å². The van der Waals surface area contributed by atoms with Crippen LogP contribution in [0.1, 0.15) is 48.1 Å². The van der Waals surface area contributed by atoms with E-state index in [9.17, 15) is 9.59 Å². The average molecular weight is 415 g/mol. The molecule has 0 amide bonds. The number of fused-ring (bicyclic) bond motifs is 2. The summed E-state index contributed by atoms with van der Waals surface area (Å²) in [7, 11) is 1.46.